The fraction of sp³-hybridized carbons (Fsp3) is 0.500. The van der Waals surface area contributed by atoms with E-state index in [1.54, 1.807) is 0 Å². The normalized spacial score (nSPS) is 19.6. The molecule has 18 heavy (non-hydrogen) atoms. The number of nitrogens with zero attached hydrogens (tertiary/aromatic N) is 1. The first-order chi connectivity index (χ1) is 8.79. The predicted octanol–water partition coefficient (Wildman–Crippen LogP) is 2.54. The zero-order chi connectivity index (χ0) is 12.8. The van der Waals surface area contributed by atoms with Gasteiger partial charge in [-0.3, -0.25) is 4.79 Å². The Labute approximate surface area is 113 Å². The molecule has 0 saturated carbocycles. The standard InChI is InChI=1S/C14H18ClNO2/c15-9-12-5-4-8-16(10-12)14(17)11-18-13-6-2-1-3-7-13/h1-3,6-7,12H,4-5,8-11H2. The number of benzene rings is 1. The van der Waals surface area contributed by atoms with Gasteiger partial charge in [-0.1, -0.05) is 18.2 Å². The number of halogens is 1. The Hall–Kier alpha value is -1.22. The van der Waals surface area contributed by atoms with Gasteiger partial charge in [0.25, 0.3) is 5.91 Å². The number of amides is 1. The summed E-state index contributed by atoms with van der Waals surface area (Å²) in [6.07, 6.45) is 2.15. The van der Waals surface area contributed by atoms with Crippen molar-refractivity contribution in [1.29, 1.82) is 0 Å². The van der Waals surface area contributed by atoms with Gasteiger partial charge in [0.05, 0.1) is 0 Å². The van der Waals surface area contributed by atoms with Gasteiger partial charge in [-0.25, -0.2) is 0 Å². The summed E-state index contributed by atoms with van der Waals surface area (Å²) < 4.78 is 5.47. The van der Waals surface area contributed by atoms with E-state index in [0.29, 0.717) is 11.8 Å². The molecule has 1 amide bonds. The minimum absolute atomic E-state index is 0.0497. The second kappa shape index (κ2) is 6.64. The van der Waals surface area contributed by atoms with Crippen LogP contribution < -0.4 is 4.74 Å². The van der Waals surface area contributed by atoms with Gasteiger partial charge in [-0.05, 0) is 30.9 Å². The molecule has 1 aliphatic heterocycles. The summed E-state index contributed by atoms with van der Waals surface area (Å²) in [5.41, 5.74) is 0. The molecule has 1 heterocycles. The number of likely N-dealkylation sites (tertiary alicyclic amines) is 1. The molecule has 1 aliphatic rings. The summed E-state index contributed by atoms with van der Waals surface area (Å²) in [6, 6.07) is 9.41. The lowest BCUT2D eigenvalue weighted by atomic mass is 10.0. The van der Waals surface area contributed by atoms with E-state index in [9.17, 15) is 4.79 Å². The van der Waals surface area contributed by atoms with Crippen molar-refractivity contribution in [3.8, 4) is 5.75 Å². The van der Waals surface area contributed by atoms with Crippen LogP contribution in [0.15, 0.2) is 30.3 Å². The molecule has 3 nitrogen and oxygen atoms in total. The summed E-state index contributed by atoms with van der Waals surface area (Å²) in [4.78, 5) is 13.9. The molecule has 0 aliphatic carbocycles. The highest BCUT2D eigenvalue weighted by molar-refractivity contribution is 6.18. The summed E-state index contributed by atoms with van der Waals surface area (Å²) in [6.45, 7) is 1.70. The van der Waals surface area contributed by atoms with Crippen LogP contribution in [0.5, 0.6) is 5.75 Å². The summed E-state index contributed by atoms with van der Waals surface area (Å²) >= 11 is 5.85. The molecular formula is C14H18ClNO2. The van der Waals surface area contributed by atoms with Crippen LogP contribution in [0.25, 0.3) is 0 Å². The van der Waals surface area contributed by atoms with Crippen LogP contribution in [0.1, 0.15) is 12.8 Å². The maximum atomic E-state index is 12.0. The van der Waals surface area contributed by atoms with Gasteiger partial charge >= 0.3 is 0 Å². The third-order valence-corrected chi connectivity index (χ3v) is 3.63. The fourth-order valence-corrected chi connectivity index (χ4v) is 2.42. The summed E-state index contributed by atoms with van der Waals surface area (Å²) in [5.74, 6) is 1.84. The van der Waals surface area contributed by atoms with E-state index in [1.165, 1.54) is 0 Å². The molecule has 1 aromatic rings. The van der Waals surface area contributed by atoms with Gasteiger partial charge in [0.2, 0.25) is 0 Å². The molecule has 2 rings (SSSR count). The quantitative estimate of drug-likeness (QED) is 0.785. The van der Waals surface area contributed by atoms with Gasteiger partial charge in [0, 0.05) is 19.0 Å². The predicted molar refractivity (Wildman–Crippen MR) is 72.0 cm³/mol. The van der Waals surface area contributed by atoms with Gasteiger partial charge in [-0.15, -0.1) is 11.6 Å². The Balaban J connectivity index is 1.81. The molecular weight excluding hydrogens is 250 g/mol. The molecule has 1 saturated heterocycles. The monoisotopic (exact) mass is 267 g/mol. The zero-order valence-corrected chi connectivity index (χ0v) is 11.1. The highest BCUT2D eigenvalue weighted by atomic mass is 35.5. The van der Waals surface area contributed by atoms with E-state index in [-0.39, 0.29) is 12.5 Å². The minimum atomic E-state index is 0.0497. The highest BCUT2D eigenvalue weighted by Gasteiger charge is 2.23. The molecule has 0 bridgehead atoms. The average Bonchev–Trinajstić information content (AvgIpc) is 2.46. The number of hydrogen-bond acceptors (Lipinski definition) is 2. The maximum absolute atomic E-state index is 12.0. The van der Waals surface area contributed by atoms with Crippen LogP contribution in [0.4, 0.5) is 0 Å². The van der Waals surface area contributed by atoms with E-state index in [1.807, 2.05) is 35.2 Å². The van der Waals surface area contributed by atoms with Crippen LogP contribution in [-0.2, 0) is 4.79 Å². The first-order valence-corrected chi connectivity index (χ1v) is 6.84. The molecule has 0 aromatic heterocycles. The Morgan fingerprint density at radius 3 is 2.89 bits per heavy atom. The molecule has 1 atom stereocenters. The molecule has 1 unspecified atom stereocenters. The molecule has 0 radical (unpaired) electrons. The highest BCUT2D eigenvalue weighted by Crippen LogP contribution is 2.18. The zero-order valence-electron chi connectivity index (χ0n) is 10.3. The van der Waals surface area contributed by atoms with Crippen molar-refractivity contribution in [3.63, 3.8) is 0 Å². The van der Waals surface area contributed by atoms with Crippen molar-refractivity contribution in [3.05, 3.63) is 30.3 Å². The Morgan fingerprint density at radius 2 is 2.17 bits per heavy atom. The van der Waals surface area contributed by atoms with E-state index < -0.39 is 0 Å². The van der Waals surface area contributed by atoms with Crippen molar-refractivity contribution in [2.24, 2.45) is 5.92 Å². The van der Waals surface area contributed by atoms with Gasteiger partial charge in [0.15, 0.2) is 6.61 Å². The Kier molecular flexibility index (Phi) is 4.88. The topological polar surface area (TPSA) is 29.5 Å². The van der Waals surface area contributed by atoms with Gasteiger partial charge < -0.3 is 9.64 Å². The number of para-hydroxylation sites is 1. The van der Waals surface area contributed by atoms with Crippen molar-refractivity contribution in [2.75, 3.05) is 25.6 Å². The van der Waals surface area contributed by atoms with Crippen molar-refractivity contribution in [2.45, 2.75) is 12.8 Å². The van der Waals surface area contributed by atoms with Crippen molar-refractivity contribution < 1.29 is 9.53 Å². The lowest BCUT2D eigenvalue weighted by Crippen LogP contribution is -2.42. The molecule has 4 heteroatoms. The van der Waals surface area contributed by atoms with E-state index >= 15 is 0 Å². The number of hydrogen-bond donors (Lipinski definition) is 0. The lowest BCUT2D eigenvalue weighted by molar-refractivity contribution is -0.135. The number of rotatable bonds is 4. The average molecular weight is 268 g/mol. The minimum Gasteiger partial charge on any atom is -0.484 e. The van der Waals surface area contributed by atoms with Crippen LogP contribution in [0.3, 0.4) is 0 Å². The molecule has 0 spiro atoms. The van der Waals surface area contributed by atoms with Crippen LogP contribution >= 0.6 is 11.6 Å². The van der Waals surface area contributed by atoms with Crippen LogP contribution in [0, 0.1) is 5.92 Å². The maximum Gasteiger partial charge on any atom is 0.260 e. The number of ether oxygens (including phenoxy) is 1. The smallest absolute Gasteiger partial charge is 0.260 e. The van der Waals surface area contributed by atoms with Gasteiger partial charge in [-0.2, -0.15) is 0 Å². The van der Waals surface area contributed by atoms with E-state index in [4.69, 9.17) is 16.3 Å². The Bertz CT molecular complexity index is 383. The second-order valence-corrected chi connectivity index (χ2v) is 4.91. The summed E-state index contributed by atoms with van der Waals surface area (Å²) in [7, 11) is 0. The largest absolute Gasteiger partial charge is 0.484 e. The summed E-state index contributed by atoms with van der Waals surface area (Å²) in [5, 5.41) is 0. The molecule has 98 valence electrons. The van der Waals surface area contributed by atoms with Crippen molar-refractivity contribution in [1.82, 2.24) is 4.90 Å². The van der Waals surface area contributed by atoms with Crippen molar-refractivity contribution >= 4 is 17.5 Å². The third-order valence-electron chi connectivity index (χ3n) is 3.20. The number of carbonyl (C=O) groups excluding carboxylic acids is 1. The first kappa shape index (κ1) is 13.2. The van der Waals surface area contributed by atoms with Gasteiger partial charge in [0.1, 0.15) is 5.75 Å². The number of carbonyl (C=O) groups is 1. The first-order valence-electron chi connectivity index (χ1n) is 6.31. The van der Waals surface area contributed by atoms with E-state index in [2.05, 4.69) is 0 Å². The molecule has 1 fully saturated rings. The number of piperidine rings is 1. The fourth-order valence-electron chi connectivity index (χ4n) is 2.17. The third kappa shape index (κ3) is 3.64. The second-order valence-electron chi connectivity index (χ2n) is 4.60. The SMILES string of the molecule is O=C(COc1ccccc1)N1CCCC(CCl)C1. The van der Waals surface area contributed by atoms with Crippen LogP contribution in [0.2, 0.25) is 0 Å². The lowest BCUT2D eigenvalue weighted by Gasteiger charge is -2.31. The number of alkyl halides is 1. The van der Waals surface area contributed by atoms with Crippen LogP contribution in [-0.4, -0.2) is 36.4 Å². The molecule has 1 aromatic carbocycles. The Morgan fingerprint density at radius 1 is 1.39 bits per heavy atom. The van der Waals surface area contributed by atoms with E-state index in [0.717, 1.165) is 31.7 Å². The molecule has 0 N–H and O–H groups in total.